The summed E-state index contributed by atoms with van der Waals surface area (Å²) < 4.78 is 5.02. The number of esters is 1. The average molecular weight is 185 g/mol. The Kier molecular flexibility index (Phi) is 6.02. The Balaban J connectivity index is 4.02. The SMILES string of the molecule is CCCCOC(=O)/C(CC)=C(\C)N. The third-order valence-corrected chi connectivity index (χ3v) is 1.81. The van der Waals surface area contributed by atoms with Gasteiger partial charge in [0.05, 0.1) is 12.2 Å². The minimum Gasteiger partial charge on any atom is -0.462 e. The molecule has 0 amide bonds. The molecule has 0 fully saturated rings. The molecule has 0 bridgehead atoms. The highest BCUT2D eigenvalue weighted by Crippen LogP contribution is 2.06. The van der Waals surface area contributed by atoms with Crippen molar-refractivity contribution in [3.63, 3.8) is 0 Å². The molecule has 0 aromatic heterocycles. The summed E-state index contributed by atoms with van der Waals surface area (Å²) in [7, 11) is 0. The Labute approximate surface area is 79.9 Å². The number of nitrogens with two attached hydrogens (primary N) is 1. The van der Waals surface area contributed by atoms with E-state index < -0.39 is 0 Å². The first-order chi connectivity index (χ1) is 6.13. The van der Waals surface area contributed by atoms with Gasteiger partial charge < -0.3 is 10.5 Å². The van der Waals surface area contributed by atoms with Gasteiger partial charge in [-0.3, -0.25) is 0 Å². The average Bonchev–Trinajstić information content (AvgIpc) is 2.05. The number of rotatable bonds is 5. The van der Waals surface area contributed by atoms with Crippen LogP contribution in [0.25, 0.3) is 0 Å². The fraction of sp³-hybridized carbons (Fsp3) is 0.700. The lowest BCUT2D eigenvalue weighted by Crippen LogP contribution is -2.12. The minimum atomic E-state index is -0.268. The lowest BCUT2D eigenvalue weighted by molar-refractivity contribution is -0.139. The van der Waals surface area contributed by atoms with Gasteiger partial charge in [0, 0.05) is 5.70 Å². The zero-order valence-electron chi connectivity index (χ0n) is 8.72. The zero-order valence-corrected chi connectivity index (χ0v) is 8.72. The van der Waals surface area contributed by atoms with E-state index in [2.05, 4.69) is 6.92 Å². The quantitative estimate of drug-likeness (QED) is 0.405. The molecule has 3 heteroatoms. The highest BCUT2D eigenvalue weighted by Gasteiger charge is 2.10. The maximum absolute atomic E-state index is 11.3. The van der Waals surface area contributed by atoms with Gasteiger partial charge in [0.2, 0.25) is 0 Å². The molecule has 0 spiro atoms. The largest absolute Gasteiger partial charge is 0.462 e. The normalized spacial score (nSPS) is 12.2. The third-order valence-electron chi connectivity index (χ3n) is 1.81. The molecule has 3 nitrogen and oxygen atoms in total. The van der Waals surface area contributed by atoms with E-state index in [9.17, 15) is 4.79 Å². The van der Waals surface area contributed by atoms with Gasteiger partial charge in [0.25, 0.3) is 0 Å². The highest BCUT2D eigenvalue weighted by molar-refractivity contribution is 5.88. The zero-order chi connectivity index (χ0) is 10.3. The van der Waals surface area contributed by atoms with E-state index in [1.165, 1.54) is 0 Å². The Morgan fingerprint density at radius 3 is 2.38 bits per heavy atom. The second-order valence-electron chi connectivity index (χ2n) is 3.00. The van der Waals surface area contributed by atoms with Crippen LogP contribution >= 0.6 is 0 Å². The first kappa shape index (κ1) is 12.0. The maximum Gasteiger partial charge on any atom is 0.335 e. The number of allylic oxidation sites excluding steroid dienone is 1. The summed E-state index contributed by atoms with van der Waals surface area (Å²) in [6.45, 7) is 6.16. The van der Waals surface area contributed by atoms with Gasteiger partial charge in [-0.1, -0.05) is 20.3 Å². The van der Waals surface area contributed by atoms with E-state index in [0.717, 1.165) is 12.8 Å². The molecule has 0 aliphatic heterocycles. The Bertz CT molecular complexity index is 193. The second-order valence-corrected chi connectivity index (χ2v) is 3.00. The van der Waals surface area contributed by atoms with Crippen molar-refractivity contribution in [2.24, 2.45) is 5.73 Å². The van der Waals surface area contributed by atoms with Crippen molar-refractivity contribution in [3.8, 4) is 0 Å². The monoisotopic (exact) mass is 185 g/mol. The van der Waals surface area contributed by atoms with Crippen molar-refractivity contribution >= 4 is 5.97 Å². The van der Waals surface area contributed by atoms with Crippen molar-refractivity contribution in [2.45, 2.75) is 40.0 Å². The number of unbranched alkanes of at least 4 members (excludes halogenated alkanes) is 1. The van der Waals surface area contributed by atoms with Crippen molar-refractivity contribution in [1.29, 1.82) is 0 Å². The van der Waals surface area contributed by atoms with E-state index in [0.29, 0.717) is 24.3 Å². The molecule has 2 N–H and O–H groups in total. The van der Waals surface area contributed by atoms with Crippen LogP contribution in [-0.4, -0.2) is 12.6 Å². The number of carbonyl (C=O) groups is 1. The summed E-state index contributed by atoms with van der Waals surface area (Å²) in [6.07, 6.45) is 2.57. The van der Waals surface area contributed by atoms with Crippen LogP contribution in [0.4, 0.5) is 0 Å². The predicted octanol–water partition coefficient (Wildman–Crippen LogP) is 1.97. The van der Waals surface area contributed by atoms with Crippen molar-refractivity contribution < 1.29 is 9.53 Å². The van der Waals surface area contributed by atoms with Gasteiger partial charge in [-0.25, -0.2) is 4.79 Å². The predicted molar refractivity (Wildman–Crippen MR) is 53.0 cm³/mol. The van der Waals surface area contributed by atoms with Gasteiger partial charge in [0.15, 0.2) is 0 Å². The van der Waals surface area contributed by atoms with Gasteiger partial charge >= 0.3 is 5.97 Å². The lowest BCUT2D eigenvalue weighted by Gasteiger charge is -2.07. The van der Waals surface area contributed by atoms with E-state index >= 15 is 0 Å². The number of hydrogen-bond donors (Lipinski definition) is 1. The Morgan fingerprint density at radius 1 is 1.38 bits per heavy atom. The fourth-order valence-corrected chi connectivity index (χ4v) is 0.980. The number of hydrogen-bond acceptors (Lipinski definition) is 3. The molecule has 13 heavy (non-hydrogen) atoms. The smallest absolute Gasteiger partial charge is 0.335 e. The van der Waals surface area contributed by atoms with Gasteiger partial charge in [-0.2, -0.15) is 0 Å². The Hall–Kier alpha value is -0.990. The van der Waals surface area contributed by atoms with E-state index in [1.54, 1.807) is 6.92 Å². The summed E-state index contributed by atoms with van der Waals surface area (Å²) in [5.74, 6) is -0.268. The van der Waals surface area contributed by atoms with Crippen molar-refractivity contribution in [3.05, 3.63) is 11.3 Å². The summed E-state index contributed by atoms with van der Waals surface area (Å²) in [5.41, 5.74) is 6.68. The van der Waals surface area contributed by atoms with Crippen LogP contribution in [0.3, 0.4) is 0 Å². The molecule has 0 heterocycles. The van der Waals surface area contributed by atoms with E-state index in [1.807, 2.05) is 6.92 Å². The molecule has 0 saturated heterocycles. The first-order valence-corrected chi connectivity index (χ1v) is 4.75. The second kappa shape index (κ2) is 6.52. The first-order valence-electron chi connectivity index (χ1n) is 4.75. The van der Waals surface area contributed by atoms with Gasteiger partial charge in [0.1, 0.15) is 0 Å². The molecule has 0 rings (SSSR count). The number of ether oxygens (including phenoxy) is 1. The Morgan fingerprint density at radius 2 is 2.00 bits per heavy atom. The summed E-state index contributed by atoms with van der Waals surface area (Å²) in [5, 5.41) is 0. The maximum atomic E-state index is 11.3. The molecule has 0 aromatic carbocycles. The van der Waals surface area contributed by atoms with Crippen LogP contribution in [0, 0.1) is 0 Å². The minimum absolute atomic E-state index is 0.268. The van der Waals surface area contributed by atoms with Crippen molar-refractivity contribution in [2.75, 3.05) is 6.61 Å². The van der Waals surface area contributed by atoms with Crippen LogP contribution in [-0.2, 0) is 9.53 Å². The van der Waals surface area contributed by atoms with Crippen molar-refractivity contribution in [1.82, 2.24) is 0 Å². The molecule has 76 valence electrons. The molecule has 0 aromatic rings. The lowest BCUT2D eigenvalue weighted by atomic mass is 10.2. The van der Waals surface area contributed by atoms with Crippen LogP contribution in [0.1, 0.15) is 40.0 Å². The van der Waals surface area contributed by atoms with Crippen LogP contribution in [0.15, 0.2) is 11.3 Å². The topological polar surface area (TPSA) is 52.3 Å². The molecular formula is C10H19NO2. The van der Waals surface area contributed by atoms with Crippen LogP contribution in [0.5, 0.6) is 0 Å². The van der Waals surface area contributed by atoms with Crippen LogP contribution < -0.4 is 5.73 Å². The molecule has 0 aliphatic carbocycles. The standard InChI is InChI=1S/C10H19NO2/c1-4-6-7-13-10(12)9(5-2)8(3)11/h4-7,11H2,1-3H3/b9-8+. The third kappa shape index (κ3) is 4.55. The number of carbonyl (C=O) groups excluding carboxylic acids is 1. The van der Waals surface area contributed by atoms with E-state index in [-0.39, 0.29) is 5.97 Å². The summed E-state index contributed by atoms with van der Waals surface area (Å²) >= 11 is 0. The van der Waals surface area contributed by atoms with Gasteiger partial charge in [-0.15, -0.1) is 0 Å². The highest BCUT2D eigenvalue weighted by atomic mass is 16.5. The summed E-state index contributed by atoms with van der Waals surface area (Å²) in [4.78, 5) is 11.3. The molecular weight excluding hydrogens is 166 g/mol. The molecule has 0 atom stereocenters. The summed E-state index contributed by atoms with van der Waals surface area (Å²) in [6, 6.07) is 0. The molecule has 0 saturated carbocycles. The fourth-order valence-electron chi connectivity index (χ4n) is 0.980. The van der Waals surface area contributed by atoms with Crippen LogP contribution in [0.2, 0.25) is 0 Å². The van der Waals surface area contributed by atoms with E-state index in [4.69, 9.17) is 10.5 Å². The molecule has 0 radical (unpaired) electrons. The molecule has 0 unspecified atom stereocenters. The molecule has 0 aliphatic rings. The van der Waals surface area contributed by atoms with Gasteiger partial charge in [-0.05, 0) is 19.8 Å².